The summed E-state index contributed by atoms with van der Waals surface area (Å²) in [5.41, 5.74) is 4.12. The van der Waals surface area contributed by atoms with Gasteiger partial charge >= 0.3 is 5.97 Å². The zero-order valence-corrected chi connectivity index (χ0v) is 16.6. The van der Waals surface area contributed by atoms with Gasteiger partial charge in [0.05, 0.1) is 23.5 Å². The quantitative estimate of drug-likeness (QED) is 0.764. The van der Waals surface area contributed by atoms with Gasteiger partial charge in [0.2, 0.25) is 0 Å². The second kappa shape index (κ2) is 8.56. The molecule has 3 rings (SSSR count). The van der Waals surface area contributed by atoms with Crippen LogP contribution in [-0.2, 0) is 16.0 Å². The average molecular weight is 385 g/mol. The van der Waals surface area contributed by atoms with Crippen molar-refractivity contribution in [2.24, 2.45) is 0 Å². The van der Waals surface area contributed by atoms with Crippen LogP contribution in [0.2, 0.25) is 0 Å². The molecule has 1 saturated heterocycles. The van der Waals surface area contributed by atoms with E-state index in [2.05, 4.69) is 10.4 Å². The van der Waals surface area contributed by atoms with Crippen molar-refractivity contribution in [3.8, 4) is 5.69 Å². The van der Waals surface area contributed by atoms with Gasteiger partial charge in [-0.25, -0.2) is 4.68 Å². The highest BCUT2D eigenvalue weighted by atomic mass is 16.5. The number of carbonyl (C=O) groups is 2. The molecular weight excluding hydrogens is 358 g/mol. The molecule has 28 heavy (non-hydrogen) atoms. The molecule has 1 aliphatic rings. The fourth-order valence-electron chi connectivity index (χ4n) is 3.65. The van der Waals surface area contributed by atoms with Gasteiger partial charge in [-0.1, -0.05) is 0 Å². The number of carboxylic acids is 1. The molecule has 0 unspecified atom stereocenters. The number of rotatable bonds is 7. The molecule has 0 aliphatic carbocycles. The van der Waals surface area contributed by atoms with Crippen molar-refractivity contribution in [2.45, 2.75) is 58.6 Å². The standard InChI is InChI=1S/C21H27N3O4/c1-13-18(10-11-20(25)26)15(3)24(23-13)17-8-6-16(7-9-17)21(27)22-14(2)19-5-4-12-28-19/h6-9,14,19H,4-5,10-12H2,1-3H3,(H,22,27)(H,25,26)/t14-,19-/m0/s1. The van der Waals surface area contributed by atoms with E-state index in [4.69, 9.17) is 9.84 Å². The molecule has 1 aliphatic heterocycles. The molecule has 0 bridgehead atoms. The maximum absolute atomic E-state index is 12.5. The van der Waals surface area contributed by atoms with Gasteiger partial charge in [0.1, 0.15) is 0 Å². The first-order valence-corrected chi connectivity index (χ1v) is 9.66. The first-order valence-electron chi connectivity index (χ1n) is 9.66. The molecule has 1 amide bonds. The van der Waals surface area contributed by atoms with Crippen LogP contribution in [0.4, 0.5) is 0 Å². The fourth-order valence-corrected chi connectivity index (χ4v) is 3.65. The summed E-state index contributed by atoms with van der Waals surface area (Å²) in [6.45, 7) is 6.55. The maximum atomic E-state index is 12.5. The zero-order valence-electron chi connectivity index (χ0n) is 16.6. The molecule has 2 N–H and O–H groups in total. The Morgan fingerprint density at radius 1 is 1.32 bits per heavy atom. The summed E-state index contributed by atoms with van der Waals surface area (Å²) in [4.78, 5) is 23.3. The molecule has 0 radical (unpaired) electrons. The lowest BCUT2D eigenvalue weighted by molar-refractivity contribution is -0.136. The molecule has 2 heterocycles. The lowest BCUT2D eigenvalue weighted by Gasteiger charge is -2.20. The Labute approximate surface area is 164 Å². The van der Waals surface area contributed by atoms with Crippen LogP contribution in [0, 0.1) is 13.8 Å². The highest BCUT2D eigenvalue weighted by Crippen LogP contribution is 2.20. The lowest BCUT2D eigenvalue weighted by atomic mass is 10.1. The smallest absolute Gasteiger partial charge is 0.303 e. The maximum Gasteiger partial charge on any atom is 0.303 e. The summed E-state index contributed by atoms with van der Waals surface area (Å²) in [5, 5.41) is 16.5. The molecule has 0 saturated carbocycles. The number of carboxylic acid groups (broad SMARTS) is 1. The first kappa shape index (κ1) is 20.1. The van der Waals surface area contributed by atoms with E-state index in [0.717, 1.165) is 42.1 Å². The van der Waals surface area contributed by atoms with E-state index in [1.54, 1.807) is 16.8 Å². The fraction of sp³-hybridized carbons (Fsp3) is 0.476. The van der Waals surface area contributed by atoms with Gasteiger partial charge in [-0.3, -0.25) is 9.59 Å². The summed E-state index contributed by atoms with van der Waals surface area (Å²) in [7, 11) is 0. The topological polar surface area (TPSA) is 93.5 Å². The molecular formula is C21H27N3O4. The van der Waals surface area contributed by atoms with Gasteiger partial charge < -0.3 is 15.2 Å². The van der Waals surface area contributed by atoms with Gasteiger partial charge in [0.25, 0.3) is 5.91 Å². The normalized spacial score (nSPS) is 17.5. The Balaban J connectivity index is 1.71. The predicted octanol–water partition coefficient (Wildman–Crippen LogP) is 2.80. The van der Waals surface area contributed by atoms with Gasteiger partial charge in [0.15, 0.2) is 0 Å². The Kier molecular flexibility index (Phi) is 6.14. The van der Waals surface area contributed by atoms with E-state index in [-0.39, 0.29) is 24.5 Å². The van der Waals surface area contributed by atoms with Crippen molar-refractivity contribution in [1.82, 2.24) is 15.1 Å². The largest absolute Gasteiger partial charge is 0.481 e. The van der Waals surface area contributed by atoms with Crippen molar-refractivity contribution < 1.29 is 19.4 Å². The third kappa shape index (κ3) is 4.42. The van der Waals surface area contributed by atoms with Crippen LogP contribution in [0.3, 0.4) is 0 Å². The molecule has 2 atom stereocenters. The second-order valence-corrected chi connectivity index (χ2v) is 7.32. The molecule has 1 aromatic heterocycles. The van der Waals surface area contributed by atoms with E-state index in [1.165, 1.54) is 0 Å². The first-order chi connectivity index (χ1) is 13.4. The molecule has 7 nitrogen and oxygen atoms in total. The number of benzene rings is 1. The lowest BCUT2D eigenvalue weighted by Crippen LogP contribution is -2.40. The highest BCUT2D eigenvalue weighted by Gasteiger charge is 2.24. The third-order valence-corrected chi connectivity index (χ3v) is 5.29. The molecule has 0 spiro atoms. The van der Waals surface area contributed by atoms with Crippen LogP contribution in [0.5, 0.6) is 0 Å². The van der Waals surface area contributed by atoms with E-state index in [0.29, 0.717) is 12.0 Å². The van der Waals surface area contributed by atoms with Crippen LogP contribution < -0.4 is 5.32 Å². The van der Waals surface area contributed by atoms with Gasteiger partial charge in [-0.15, -0.1) is 0 Å². The van der Waals surface area contributed by atoms with Crippen LogP contribution in [0.1, 0.15) is 53.5 Å². The minimum Gasteiger partial charge on any atom is -0.481 e. The Bertz CT molecular complexity index is 851. The third-order valence-electron chi connectivity index (χ3n) is 5.29. The number of hydrogen-bond donors (Lipinski definition) is 2. The summed E-state index contributed by atoms with van der Waals surface area (Å²) < 4.78 is 7.42. The summed E-state index contributed by atoms with van der Waals surface area (Å²) >= 11 is 0. The number of nitrogens with one attached hydrogen (secondary N) is 1. The number of ether oxygens (including phenoxy) is 1. The number of amides is 1. The number of nitrogens with zero attached hydrogens (tertiary/aromatic N) is 2. The van der Waals surface area contributed by atoms with Crippen LogP contribution >= 0.6 is 0 Å². The van der Waals surface area contributed by atoms with Crippen molar-refractivity contribution in [1.29, 1.82) is 0 Å². The number of aliphatic carboxylic acids is 1. The molecule has 7 heteroatoms. The molecule has 1 aromatic carbocycles. The second-order valence-electron chi connectivity index (χ2n) is 7.32. The average Bonchev–Trinajstić information content (AvgIpc) is 3.29. The van der Waals surface area contributed by atoms with E-state index >= 15 is 0 Å². The molecule has 2 aromatic rings. The van der Waals surface area contributed by atoms with Crippen molar-refractivity contribution in [3.63, 3.8) is 0 Å². The monoisotopic (exact) mass is 385 g/mol. The molecule has 1 fully saturated rings. The van der Waals surface area contributed by atoms with Crippen molar-refractivity contribution in [2.75, 3.05) is 6.61 Å². The Morgan fingerprint density at radius 2 is 2.04 bits per heavy atom. The van der Waals surface area contributed by atoms with Crippen molar-refractivity contribution >= 4 is 11.9 Å². The SMILES string of the molecule is Cc1nn(-c2ccc(C(=O)N[C@@H](C)[C@@H]3CCCO3)cc2)c(C)c1CCC(=O)O. The van der Waals surface area contributed by atoms with Gasteiger partial charge in [-0.05, 0) is 69.9 Å². The Hall–Kier alpha value is -2.67. The van der Waals surface area contributed by atoms with Crippen LogP contribution in [0.25, 0.3) is 5.69 Å². The number of aryl methyl sites for hydroxylation is 1. The van der Waals surface area contributed by atoms with E-state index in [9.17, 15) is 9.59 Å². The molecule has 150 valence electrons. The number of carbonyl (C=O) groups excluding carboxylic acids is 1. The van der Waals surface area contributed by atoms with Gasteiger partial charge in [0, 0.05) is 24.3 Å². The van der Waals surface area contributed by atoms with Crippen LogP contribution in [-0.4, -0.2) is 45.5 Å². The van der Waals surface area contributed by atoms with Crippen molar-refractivity contribution in [3.05, 3.63) is 46.8 Å². The zero-order chi connectivity index (χ0) is 20.3. The summed E-state index contributed by atoms with van der Waals surface area (Å²) in [6, 6.07) is 7.24. The minimum absolute atomic E-state index is 0.0255. The van der Waals surface area contributed by atoms with Crippen LogP contribution in [0.15, 0.2) is 24.3 Å². The van der Waals surface area contributed by atoms with Gasteiger partial charge in [-0.2, -0.15) is 5.10 Å². The summed E-state index contributed by atoms with van der Waals surface area (Å²) in [5.74, 6) is -0.941. The Morgan fingerprint density at radius 3 is 2.64 bits per heavy atom. The van der Waals surface area contributed by atoms with E-state index in [1.807, 2.05) is 32.9 Å². The number of aromatic nitrogens is 2. The number of hydrogen-bond acceptors (Lipinski definition) is 4. The summed E-state index contributed by atoms with van der Waals surface area (Å²) in [6.07, 6.45) is 2.63. The predicted molar refractivity (Wildman–Crippen MR) is 105 cm³/mol. The highest BCUT2D eigenvalue weighted by molar-refractivity contribution is 5.94. The minimum atomic E-state index is -0.820. The van der Waals surface area contributed by atoms with E-state index < -0.39 is 5.97 Å².